The molecule has 4 nitrogen and oxygen atoms in total. The van der Waals surface area contributed by atoms with Crippen LogP contribution in [0.5, 0.6) is 0 Å². The summed E-state index contributed by atoms with van der Waals surface area (Å²) in [6, 6.07) is 4.03. The van der Waals surface area contributed by atoms with Crippen LogP contribution in [0.1, 0.15) is 12.8 Å². The first-order chi connectivity index (χ1) is 7.74. The van der Waals surface area contributed by atoms with Crippen molar-refractivity contribution < 1.29 is 0 Å². The van der Waals surface area contributed by atoms with Crippen LogP contribution in [0.3, 0.4) is 0 Å². The predicted molar refractivity (Wildman–Crippen MR) is 65.8 cm³/mol. The average Bonchev–Trinajstić information content (AvgIpc) is 2.28. The second-order valence-electron chi connectivity index (χ2n) is 3.95. The van der Waals surface area contributed by atoms with Crippen LogP contribution in [0.4, 0.5) is 11.6 Å². The lowest BCUT2D eigenvalue weighted by molar-refractivity contribution is 1.12. The first-order valence-electron chi connectivity index (χ1n) is 5.27. The van der Waals surface area contributed by atoms with Gasteiger partial charge in [0, 0.05) is 0 Å². The van der Waals surface area contributed by atoms with Crippen LogP contribution < -0.4 is 21.9 Å². The zero-order chi connectivity index (χ0) is 11.1. The van der Waals surface area contributed by atoms with Crippen LogP contribution in [-0.2, 0) is 0 Å². The van der Waals surface area contributed by atoms with Gasteiger partial charge in [-0.2, -0.15) is 0 Å². The van der Waals surface area contributed by atoms with Crippen molar-refractivity contribution in [3.63, 3.8) is 0 Å². The molecule has 1 aliphatic carbocycles. The van der Waals surface area contributed by atoms with E-state index in [0.717, 1.165) is 23.9 Å². The van der Waals surface area contributed by atoms with E-state index in [0.29, 0.717) is 11.6 Å². The molecule has 3 rings (SSSR count). The van der Waals surface area contributed by atoms with Crippen LogP contribution in [0, 0.1) is 0 Å². The van der Waals surface area contributed by atoms with E-state index in [2.05, 4.69) is 22.1 Å². The Morgan fingerprint density at radius 2 is 1.25 bits per heavy atom. The number of hydrogen-bond donors (Lipinski definition) is 2. The Morgan fingerprint density at radius 3 is 1.69 bits per heavy atom. The van der Waals surface area contributed by atoms with E-state index >= 15 is 0 Å². The Hall–Kier alpha value is -2.10. The molecule has 1 aliphatic rings. The van der Waals surface area contributed by atoms with E-state index in [1.165, 1.54) is 10.4 Å². The third-order valence-electron chi connectivity index (χ3n) is 2.82. The summed E-state index contributed by atoms with van der Waals surface area (Å²) in [7, 11) is 0. The molecule has 0 radical (unpaired) electrons. The third kappa shape index (κ3) is 1.31. The highest BCUT2D eigenvalue weighted by atomic mass is 15.0. The monoisotopic (exact) mass is 212 g/mol. The van der Waals surface area contributed by atoms with E-state index in [4.69, 9.17) is 11.5 Å². The molecule has 4 N–H and O–H groups in total. The van der Waals surface area contributed by atoms with E-state index in [9.17, 15) is 0 Å². The van der Waals surface area contributed by atoms with Gasteiger partial charge in [0.15, 0.2) is 11.6 Å². The van der Waals surface area contributed by atoms with Crippen LogP contribution in [0.2, 0.25) is 0 Å². The van der Waals surface area contributed by atoms with Crippen molar-refractivity contribution in [1.29, 1.82) is 0 Å². The molecule has 80 valence electrons. The van der Waals surface area contributed by atoms with Crippen molar-refractivity contribution >= 4 is 34.8 Å². The standard InChI is InChI=1S/C12H12N4/c13-11-12(14)16-10-6-8-4-2-1-3-7(8)5-9(10)15-11/h3-6H,1-2H2,(H2,13,15)(H2,14,16). The summed E-state index contributed by atoms with van der Waals surface area (Å²) in [5.41, 5.74) is 12.9. The summed E-state index contributed by atoms with van der Waals surface area (Å²) >= 11 is 0. The number of aromatic nitrogens is 2. The van der Waals surface area contributed by atoms with Crippen molar-refractivity contribution in [3.8, 4) is 0 Å². The van der Waals surface area contributed by atoms with Crippen LogP contribution in [0.15, 0.2) is 12.1 Å². The van der Waals surface area contributed by atoms with Gasteiger partial charge < -0.3 is 11.5 Å². The number of hydrogen-bond acceptors (Lipinski definition) is 4. The topological polar surface area (TPSA) is 77.8 Å². The summed E-state index contributed by atoms with van der Waals surface area (Å²) in [5, 5.41) is 2.41. The van der Waals surface area contributed by atoms with Crippen molar-refractivity contribution in [1.82, 2.24) is 9.97 Å². The highest BCUT2D eigenvalue weighted by Gasteiger charge is 2.03. The van der Waals surface area contributed by atoms with E-state index in [-0.39, 0.29) is 0 Å². The molecule has 1 aromatic heterocycles. The smallest absolute Gasteiger partial charge is 0.166 e. The van der Waals surface area contributed by atoms with Crippen LogP contribution in [-0.4, -0.2) is 9.97 Å². The van der Waals surface area contributed by atoms with Gasteiger partial charge >= 0.3 is 0 Å². The number of nitrogens with two attached hydrogens (primary N) is 2. The number of rotatable bonds is 0. The molecule has 0 aliphatic heterocycles. The fourth-order valence-electron chi connectivity index (χ4n) is 1.99. The first-order valence-corrected chi connectivity index (χ1v) is 5.27. The number of benzene rings is 1. The zero-order valence-electron chi connectivity index (χ0n) is 8.77. The molecule has 0 saturated carbocycles. The second-order valence-corrected chi connectivity index (χ2v) is 3.95. The van der Waals surface area contributed by atoms with Crippen LogP contribution >= 0.6 is 0 Å². The van der Waals surface area contributed by atoms with E-state index in [1.807, 2.05) is 12.1 Å². The Kier molecular flexibility index (Phi) is 1.83. The second kappa shape index (κ2) is 3.20. The molecule has 0 atom stereocenters. The van der Waals surface area contributed by atoms with Gasteiger partial charge in [0.25, 0.3) is 0 Å². The van der Waals surface area contributed by atoms with Gasteiger partial charge in [-0.25, -0.2) is 9.97 Å². The molecule has 1 aromatic carbocycles. The molecule has 4 heteroatoms. The number of nitrogens with zero attached hydrogens (tertiary/aromatic N) is 2. The van der Waals surface area contributed by atoms with Crippen LogP contribution in [0.25, 0.3) is 23.2 Å². The summed E-state index contributed by atoms with van der Waals surface area (Å²) < 4.78 is 0. The van der Waals surface area contributed by atoms with E-state index in [1.54, 1.807) is 0 Å². The summed E-state index contributed by atoms with van der Waals surface area (Å²) in [4.78, 5) is 8.48. The average molecular weight is 212 g/mol. The largest absolute Gasteiger partial charge is 0.381 e. The number of fused-ring (bicyclic) bond motifs is 2. The lowest BCUT2D eigenvalue weighted by atomic mass is 10.1. The fourth-order valence-corrected chi connectivity index (χ4v) is 1.99. The van der Waals surface area contributed by atoms with Crippen molar-refractivity contribution in [3.05, 3.63) is 22.6 Å². The maximum absolute atomic E-state index is 5.65. The lowest BCUT2D eigenvalue weighted by Gasteiger charge is -2.04. The minimum atomic E-state index is 0.298. The maximum Gasteiger partial charge on any atom is 0.166 e. The molecule has 1 heterocycles. The van der Waals surface area contributed by atoms with Gasteiger partial charge in [0.2, 0.25) is 0 Å². The quantitative estimate of drug-likeness (QED) is 0.651. The Morgan fingerprint density at radius 1 is 0.812 bits per heavy atom. The van der Waals surface area contributed by atoms with Gasteiger partial charge in [-0.3, -0.25) is 0 Å². The molecule has 16 heavy (non-hydrogen) atoms. The van der Waals surface area contributed by atoms with Gasteiger partial charge in [0.1, 0.15) is 0 Å². The molecule has 0 bridgehead atoms. The molecule has 0 unspecified atom stereocenters. The maximum atomic E-state index is 5.65. The molecule has 0 fully saturated rings. The summed E-state index contributed by atoms with van der Waals surface area (Å²) in [6.07, 6.45) is 6.58. The number of nitrogen functional groups attached to an aromatic ring is 2. The van der Waals surface area contributed by atoms with Crippen molar-refractivity contribution in [2.45, 2.75) is 12.8 Å². The molecular formula is C12H12N4. The summed E-state index contributed by atoms with van der Waals surface area (Å²) in [6.45, 7) is 0. The minimum absolute atomic E-state index is 0.298. The molecular weight excluding hydrogens is 200 g/mol. The minimum Gasteiger partial charge on any atom is -0.381 e. The number of anilines is 2. The predicted octanol–water partition coefficient (Wildman–Crippen LogP) is 0.149. The first kappa shape index (κ1) is 9.15. The Labute approximate surface area is 92.3 Å². The summed E-state index contributed by atoms with van der Waals surface area (Å²) in [5.74, 6) is 0.597. The van der Waals surface area contributed by atoms with Gasteiger partial charge in [-0.15, -0.1) is 0 Å². The zero-order valence-corrected chi connectivity index (χ0v) is 8.77. The fraction of sp³-hybridized carbons (Fsp3) is 0.167. The molecule has 0 spiro atoms. The van der Waals surface area contributed by atoms with Gasteiger partial charge in [-0.05, 0) is 35.4 Å². The molecule has 0 amide bonds. The van der Waals surface area contributed by atoms with Gasteiger partial charge in [-0.1, -0.05) is 12.2 Å². The highest BCUT2D eigenvalue weighted by Crippen LogP contribution is 2.13. The Bertz CT molecular complexity index is 628. The SMILES string of the molecule is Nc1nc2cc3c(cc2nc1N)=CCCC=3. The van der Waals surface area contributed by atoms with Gasteiger partial charge in [0.05, 0.1) is 11.0 Å². The van der Waals surface area contributed by atoms with Crippen molar-refractivity contribution in [2.75, 3.05) is 11.5 Å². The lowest BCUT2D eigenvalue weighted by Crippen LogP contribution is -2.26. The highest BCUT2D eigenvalue weighted by molar-refractivity contribution is 5.79. The van der Waals surface area contributed by atoms with Crippen molar-refractivity contribution in [2.24, 2.45) is 0 Å². The normalized spacial score (nSPS) is 14.0. The Balaban J connectivity index is 2.46. The van der Waals surface area contributed by atoms with E-state index < -0.39 is 0 Å². The third-order valence-corrected chi connectivity index (χ3v) is 2.82. The molecule has 0 saturated heterocycles. The molecule has 2 aromatic rings.